The number of anilines is 1. The second-order valence-electron chi connectivity index (χ2n) is 8.99. The molecular formula is C26H27F6N3O4. The van der Waals surface area contributed by atoms with E-state index in [0.717, 1.165) is 0 Å². The van der Waals surface area contributed by atoms with Crippen LogP contribution in [0.1, 0.15) is 36.5 Å². The van der Waals surface area contributed by atoms with Crippen molar-refractivity contribution in [1.29, 1.82) is 0 Å². The van der Waals surface area contributed by atoms with Crippen LogP contribution in [0.3, 0.4) is 0 Å². The summed E-state index contributed by atoms with van der Waals surface area (Å²) in [5, 5.41) is 4.38. The van der Waals surface area contributed by atoms with Gasteiger partial charge in [0.15, 0.2) is 0 Å². The first-order chi connectivity index (χ1) is 18.3. The summed E-state index contributed by atoms with van der Waals surface area (Å²) in [6.07, 6.45) is -9.47. The number of carbonyl (C=O) groups excluding carboxylic acids is 3. The summed E-state index contributed by atoms with van der Waals surface area (Å²) in [6, 6.07) is 6.94. The van der Waals surface area contributed by atoms with E-state index in [2.05, 4.69) is 5.32 Å². The fourth-order valence-corrected chi connectivity index (χ4v) is 4.22. The maximum Gasteiger partial charge on any atom is 0.416 e. The van der Waals surface area contributed by atoms with E-state index in [1.54, 1.807) is 37.3 Å². The first-order valence-corrected chi connectivity index (χ1v) is 12.1. The lowest BCUT2D eigenvalue weighted by Gasteiger charge is -2.33. The van der Waals surface area contributed by atoms with Gasteiger partial charge in [-0.1, -0.05) is 30.3 Å². The first kappa shape index (κ1) is 29.8. The zero-order valence-electron chi connectivity index (χ0n) is 20.9. The third kappa shape index (κ3) is 8.36. The lowest BCUT2D eigenvalue weighted by Crippen LogP contribution is -2.53. The molecule has 212 valence electrons. The minimum Gasteiger partial charge on any atom is -0.466 e. The van der Waals surface area contributed by atoms with E-state index in [1.165, 1.54) is 4.90 Å². The number of urea groups is 1. The molecule has 1 heterocycles. The number of nitrogens with zero attached hydrogens (tertiary/aromatic N) is 1. The number of hydrogen-bond donors (Lipinski definition) is 2. The van der Waals surface area contributed by atoms with Crippen molar-refractivity contribution in [2.24, 2.45) is 5.92 Å². The Labute approximate surface area is 220 Å². The van der Waals surface area contributed by atoms with Gasteiger partial charge in [-0.05, 0) is 43.5 Å². The number of piperidine rings is 1. The van der Waals surface area contributed by atoms with Gasteiger partial charge < -0.3 is 20.3 Å². The molecule has 39 heavy (non-hydrogen) atoms. The molecule has 2 aromatic rings. The maximum absolute atomic E-state index is 13.3. The number of benzene rings is 2. The molecule has 0 aromatic heterocycles. The van der Waals surface area contributed by atoms with Gasteiger partial charge in [-0.2, -0.15) is 26.3 Å². The molecule has 1 atom stereocenters. The van der Waals surface area contributed by atoms with E-state index >= 15 is 0 Å². The van der Waals surface area contributed by atoms with Crippen LogP contribution in [0.5, 0.6) is 0 Å². The fourth-order valence-electron chi connectivity index (χ4n) is 4.22. The van der Waals surface area contributed by atoms with Gasteiger partial charge in [0.25, 0.3) is 0 Å². The van der Waals surface area contributed by atoms with Crippen molar-refractivity contribution in [1.82, 2.24) is 10.2 Å². The molecule has 1 unspecified atom stereocenters. The van der Waals surface area contributed by atoms with E-state index in [9.17, 15) is 40.7 Å². The van der Waals surface area contributed by atoms with Crippen LogP contribution < -0.4 is 10.6 Å². The Balaban J connectivity index is 1.77. The fraction of sp³-hybridized carbons (Fsp3) is 0.423. The van der Waals surface area contributed by atoms with Crippen molar-refractivity contribution in [3.63, 3.8) is 0 Å². The van der Waals surface area contributed by atoms with E-state index in [-0.39, 0.29) is 44.1 Å². The molecule has 2 aromatic carbocycles. The predicted octanol–water partition coefficient (Wildman–Crippen LogP) is 5.26. The average molecular weight is 560 g/mol. The van der Waals surface area contributed by atoms with Crippen LogP contribution in [0.25, 0.3) is 0 Å². The number of carbonyl (C=O) groups is 3. The van der Waals surface area contributed by atoms with Crippen molar-refractivity contribution in [3.8, 4) is 0 Å². The molecule has 0 spiro atoms. The number of ether oxygens (including phenoxy) is 1. The zero-order chi connectivity index (χ0) is 28.8. The van der Waals surface area contributed by atoms with E-state index in [0.29, 0.717) is 30.5 Å². The number of rotatable bonds is 7. The third-order valence-corrected chi connectivity index (χ3v) is 6.16. The molecule has 7 nitrogen and oxygen atoms in total. The van der Waals surface area contributed by atoms with Crippen LogP contribution in [0.15, 0.2) is 48.5 Å². The molecule has 0 saturated carbocycles. The Hall–Kier alpha value is -3.77. The van der Waals surface area contributed by atoms with Gasteiger partial charge in [0.1, 0.15) is 6.04 Å². The lowest BCUT2D eigenvalue weighted by atomic mass is 9.96. The molecule has 1 fully saturated rings. The average Bonchev–Trinajstić information content (AvgIpc) is 2.87. The van der Waals surface area contributed by atoms with Crippen molar-refractivity contribution in [2.45, 2.75) is 44.6 Å². The highest BCUT2D eigenvalue weighted by molar-refractivity contribution is 5.94. The van der Waals surface area contributed by atoms with E-state index in [1.807, 2.05) is 5.32 Å². The van der Waals surface area contributed by atoms with Gasteiger partial charge >= 0.3 is 24.4 Å². The topological polar surface area (TPSA) is 87.7 Å². The quantitative estimate of drug-likeness (QED) is 0.358. The van der Waals surface area contributed by atoms with Gasteiger partial charge in [0.2, 0.25) is 5.91 Å². The minimum atomic E-state index is -5.09. The van der Waals surface area contributed by atoms with E-state index < -0.39 is 47.1 Å². The van der Waals surface area contributed by atoms with Crippen LogP contribution in [-0.4, -0.2) is 48.5 Å². The smallest absolute Gasteiger partial charge is 0.416 e. The highest BCUT2D eigenvalue weighted by Crippen LogP contribution is 2.37. The van der Waals surface area contributed by atoms with Gasteiger partial charge in [-0.25, -0.2) is 4.79 Å². The number of esters is 1. The normalized spacial score (nSPS) is 15.4. The SMILES string of the molecule is CCOC(=O)C1CCN(C(=O)C(Cc2ccccc2)NC(=O)Nc2cc(C(F)(F)F)cc(C(F)(F)F)c2)CC1. The van der Waals surface area contributed by atoms with Crippen molar-refractivity contribution in [3.05, 3.63) is 65.2 Å². The summed E-state index contributed by atoms with van der Waals surface area (Å²) in [7, 11) is 0. The summed E-state index contributed by atoms with van der Waals surface area (Å²) >= 11 is 0. The van der Waals surface area contributed by atoms with Gasteiger partial charge in [0, 0.05) is 25.2 Å². The summed E-state index contributed by atoms with van der Waals surface area (Å²) < 4.78 is 84.1. The Morgan fingerprint density at radius 1 is 0.949 bits per heavy atom. The molecule has 3 rings (SSSR count). The second kappa shape index (κ2) is 12.4. The maximum atomic E-state index is 13.3. The summed E-state index contributed by atoms with van der Waals surface area (Å²) in [5.41, 5.74) is -3.25. The van der Waals surface area contributed by atoms with Gasteiger partial charge in [-0.3, -0.25) is 9.59 Å². The highest BCUT2D eigenvalue weighted by atomic mass is 19.4. The second-order valence-corrected chi connectivity index (χ2v) is 8.99. The van der Waals surface area contributed by atoms with Crippen LogP contribution in [0.2, 0.25) is 0 Å². The zero-order valence-corrected chi connectivity index (χ0v) is 20.9. The Bertz CT molecular complexity index is 1130. The van der Waals surface area contributed by atoms with Crippen LogP contribution in [-0.2, 0) is 33.1 Å². The molecule has 3 amide bonds. The summed E-state index contributed by atoms with van der Waals surface area (Å²) in [5.74, 6) is -1.24. The highest BCUT2D eigenvalue weighted by Gasteiger charge is 2.37. The van der Waals surface area contributed by atoms with Gasteiger partial charge in [-0.15, -0.1) is 0 Å². The molecule has 0 aliphatic carbocycles. The number of halogens is 6. The lowest BCUT2D eigenvalue weighted by molar-refractivity contribution is -0.151. The van der Waals surface area contributed by atoms with Crippen molar-refractivity contribution < 1.29 is 45.5 Å². The summed E-state index contributed by atoms with van der Waals surface area (Å²) in [4.78, 5) is 39.5. The van der Waals surface area contributed by atoms with Crippen LogP contribution in [0.4, 0.5) is 36.8 Å². The summed E-state index contributed by atoms with van der Waals surface area (Å²) in [6.45, 7) is 2.33. The Morgan fingerprint density at radius 3 is 2.03 bits per heavy atom. The molecular weight excluding hydrogens is 532 g/mol. The minimum absolute atomic E-state index is 0.0152. The first-order valence-electron chi connectivity index (χ1n) is 12.1. The molecule has 1 saturated heterocycles. The number of amides is 3. The monoisotopic (exact) mass is 559 g/mol. The van der Waals surface area contributed by atoms with E-state index in [4.69, 9.17) is 4.74 Å². The number of nitrogens with one attached hydrogen (secondary N) is 2. The standard InChI is InChI=1S/C26H27F6N3O4/c1-2-39-23(37)17-8-10-35(11-9-17)22(36)21(12-16-6-4-3-5-7-16)34-24(38)33-20-14-18(25(27,28)29)13-19(15-20)26(30,31)32/h3-7,13-15,17,21H,2,8-12H2,1H3,(H2,33,34,38). The molecule has 1 aliphatic rings. The Morgan fingerprint density at radius 2 is 1.51 bits per heavy atom. The number of hydrogen-bond acceptors (Lipinski definition) is 4. The number of likely N-dealkylation sites (tertiary alicyclic amines) is 1. The largest absolute Gasteiger partial charge is 0.466 e. The molecule has 0 bridgehead atoms. The van der Waals surface area contributed by atoms with Crippen molar-refractivity contribution in [2.75, 3.05) is 25.0 Å². The predicted molar refractivity (Wildman–Crippen MR) is 128 cm³/mol. The van der Waals surface area contributed by atoms with Gasteiger partial charge in [0.05, 0.1) is 23.7 Å². The van der Waals surface area contributed by atoms with Crippen LogP contribution in [0, 0.1) is 5.92 Å². The number of alkyl halides is 6. The third-order valence-electron chi connectivity index (χ3n) is 6.16. The molecule has 1 aliphatic heterocycles. The molecule has 0 radical (unpaired) electrons. The van der Waals surface area contributed by atoms with Crippen LogP contribution >= 0.6 is 0 Å². The molecule has 13 heteroatoms. The molecule has 2 N–H and O–H groups in total. The Kier molecular flexibility index (Phi) is 9.46. The van der Waals surface area contributed by atoms with Crippen molar-refractivity contribution >= 4 is 23.6 Å².